The summed E-state index contributed by atoms with van der Waals surface area (Å²) in [6, 6.07) is 13.4. The number of ether oxygens (including phenoxy) is 3. The lowest BCUT2D eigenvalue weighted by Gasteiger charge is -2.23. The summed E-state index contributed by atoms with van der Waals surface area (Å²) in [7, 11) is 2.97. The predicted octanol–water partition coefficient (Wildman–Crippen LogP) is 4.17. The molecule has 11 nitrogen and oxygen atoms in total. The molecular weight excluding hydrogens is 536 g/mol. The third-order valence-electron chi connectivity index (χ3n) is 6.22. The lowest BCUT2D eigenvalue weighted by atomic mass is 10.1. The number of aromatic nitrogens is 3. The zero-order valence-corrected chi connectivity index (χ0v) is 23.6. The topological polar surface area (TPSA) is 150 Å². The summed E-state index contributed by atoms with van der Waals surface area (Å²) >= 11 is -1.16. The normalized spacial score (nSPS) is 11.9. The Morgan fingerprint density at radius 2 is 1.80 bits per heavy atom. The molecule has 210 valence electrons. The number of fused-ring (bicyclic) bond motifs is 1. The van der Waals surface area contributed by atoms with Crippen LogP contribution in [0.25, 0.3) is 33.7 Å². The maximum Gasteiger partial charge on any atom is 0.407 e. The number of benzene rings is 2. The third kappa shape index (κ3) is 6.13. The summed E-state index contributed by atoms with van der Waals surface area (Å²) in [5.74, 6) is 1.45. The summed E-state index contributed by atoms with van der Waals surface area (Å²) in [4.78, 5) is 38.7. The molecule has 0 fully saturated rings. The van der Waals surface area contributed by atoms with E-state index < -0.39 is 22.8 Å². The monoisotopic (exact) mass is 566 g/mol. The Balaban J connectivity index is 1.78. The van der Waals surface area contributed by atoms with Gasteiger partial charge in [0.15, 0.2) is 10.7 Å². The van der Waals surface area contributed by atoms with Crippen molar-refractivity contribution in [3.63, 3.8) is 0 Å². The van der Waals surface area contributed by atoms with E-state index in [4.69, 9.17) is 19.2 Å². The fraction of sp³-hybridized carbons (Fsp3) is 0.286. The first-order valence-corrected chi connectivity index (χ1v) is 13.9. The van der Waals surface area contributed by atoms with Crippen LogP contribution in [0.4, 0.5) is 4.79 Å². The van der Waals surface area contributed by atoms with Crippen LogP contribution in [0.3, 0.4) is 0 Å². The molecule has 0 radical (unpaired) electrons. The van der Waals surface area contributed by atoms with E-state index >= 15 is 0 Å². The second-order valence-electron chi connectivity index (χ2n) is 9.08. The van der Waals surface area contributed by atoms with E-state index in [0.717, 1.165) is 0 Å². The van der Waals surface area contributed by atoms with Crippen LogP contribution in [0.2, 0.25) is 0 Å². The second kappa shape index (κ2) is 12.3. The molecule has 0 aliphatic carbocycles. The van der Waals surface area contributed by atoms with Crippen molar-refractivity contribution in [2.45, 2.75) is 24.8 Å². The van der Waals surface area contributed by atoms with Crippen LogP contribution in [-0.4, -0.2) is 75.3 Å². The molecule has 0 saturated heterocycles. The van der Waals surface area contributed by atoms with Crippen molar-refractivity contribution in [1.82, 2.24) is 19.9 Å². The Labute approximate surface area is 233 Å². The number of H-pyrrole nitrogens is 1. The van der Waals surface area contributed by atoms with Gasteiger partial charge in [-0.15, -0.1) is 0 Å². The molecule has 1 unspecified atom stereocenters. The number of nitrogens with zero attached hydrogens (tertiary/aromatic N) is 3. The van der Waals surface area contributed by atoms with E-state index in [1.54, 1.807) is 68.6 Å². The predicted molar refractivity (Wildman–Crippen MR) is 152 cm³/mol. The van der Waals surface area contributed by atoms with Gasteiger partial charge in [-0.3, -0.25) is 4.79 Å². The molecule has 2 aromatic carbocycles. The molecule has 1 atom stereocenters. The fourth-order valence-electron chi connectivity index (χ4n) is 4.15. The molecule has 2 N–H and O–H groups in total. The van der Waals surface area contributed by atoms with E-state index in [-0.39, 0.29) is 30.4 Å². The van der Waals surface area contributed by atoms with Crippen molar-refractivity contribution in [1.29, 1.82) is 0 Å². The Kier molecular flexibility index (Phi) is 8.80. The molecule has 0 spiro atoms. The minimum atomic E-state index is -1.16. The molecule has 0 aliphatic rings. The van der Waals surface area contributed by atoms with Gasteiger partial charge in [0.1, 0.15) is 46.9 Å². The second-order valence-corrected chi connectivity index (χ2v) is 10.5. The highest BCUT2D eigenvalue weighted by atomic mass is 32.2. The van der Waals surface area contributed by atoms with E-state index in [1.807, 2.05) is 0 Å². The zero-order chi connectivity index (χ0) is 29.0. The maximum absolute atomic E-state index is 13.0. The van der Waals surface area contributed by atoms with Crippen molar-refractivity contribution >= 4 is 28.2 Å². The smallest absolute Gasteiger partial charge is 0.407 e. The average Bonchev–Trinajstić information content (AvgIpc) is 2.94. The average molecular weight is 567 g/mol. The largest absolute Gasteiger partial charge is 0.612 e. The number of hydrogen-bond donors (Lipinski definition) is 2. The van der Waals surface area contributed by atoms with Crippen molar-refractivity contribution in [3.8, 4) is 40.0 Å². The van der Waals surface area contributed by atoms with E-state index in [1.165, 1.54) is 19.1 Å². The van der Waals surface area contributed by atoms with E-state index in [9.17, 15) is 19.2 Å². The molecule has 4 rings (SSSR count). The van der Waals surface area contributed by atoms with Gasteiger partial charge in [-0.25, -0.2) is 14.8 Å². The van der Waals surface area contributed by atoms with Crippen LogP contribution in [-0.2, 0) is 11.2 Å². The number of methoxy groups -OCH3 is 2. The molecule has 40 heavy (non-hydrogen) atoms. The highest BCUT2D eigenvalue weighted by Crippen LogP contribution is 2.33. The standard InChI is InChI=1S/C28H30N4O7S/c1-16(2)32(28(34)35)12-13-39-22-11-10-20(29-25(22)17-6-8-19(9-7-17)40(5)36)26-30-21-14-18(37-3)15-23(38-4)24(21)27(33)31-26/h6-11,14-16H,12-13H2,1-5H3,(H,34,35)(H,30,31,33). The van der Waals surface area contributed by atoms with Gasteiger partial charge in [0.05, 0.1) is 26.3 Å². The van der Waals surface area contributed by atoms with Crippen molar-refractivity contribution in [3.05, 3.63) is 58.9 Å². The van der Waals surface area contributed by atoms with Gasteiger partial charge in [-0.1, -0.05) is 0 Å². The van der Waals surface area contributed by atoms with E-state index in [2.05, 4.69) is 9.97 Å². The summed E-state index contributed by atoms with van der Waals surface area (Å²) in [6.45, 7) is 3.83. The Bertz CT molecular complexity index is 1570. The molecule has 0 aliphatic heterocycles. The number of amides is 1. The summed E-state index contributed by atoms with van der Waals surface area (Å²) in [5, 5.41) is 9.73. The van der Waals surface area contributed by atoms with Crippen molar-refractivity contribution < 1.29 is 28.7 Å². The minimum Gasteiger partial charge on any atom is -0.612 e. The highest BCUT2D eigenvalue weighted by Gasteiger charge is 2.19. The molecular formula is C28H30N4O7S. The number of aromatic amines is 1. The minimum absolute atomic E-state index is 0.0974. The molecule has 12 heteroatoms. The van der Waals surface area contributed by atoms with Gasteiger partial charge in [-0.05, 0) is 61.4 Å². The summed E-state index contributed by atoms with van der Waals surface area (Å²) in [5.41, 5.74) is 1.47. The molecule has 0 saturated carbocycles. The van der Waals surface area contributed by atoms with Crippen LogP contribution in [0.1, 0.15) is 13.8 Å². The number of hydrogen-bond acceptors (Lipinski definition) is 8. The van der Waals surface area contributed by atoms with Gasteiger partial charge in [0.2, 0.25) is 0 Å². The van der Waals surface area contributed by atoms with Crippen LogP contribution >= 0.6 is 0 Å². The highest BCUT2D eigenvalue weighted by molar-refractivity contribution is 7.90. The molecule has 4 aromatic rings. The van der Waals surface area contributed by atoms with Gasteiger partial charge >= 0.3 is 6.09 Å². The Morgan fingerprint density at radius 1 is 1.07 bits per heavy atom. The zero-order valence-electron chi connectivity index (χ0n) is 22.8. The number of rotatable bonds is 10. The van der Waals surface area contributed by atoms with Gasteiger partial charge in [-0.2, -0.15) is 0 Å². The van der Waals surface area contributed by atoms with Crippen LogP contribution in [0, 0.1) is 0 Å². The van der Waals surface area contributed by atoms with Crippen LogP contribution in [0.5, 0.6) is 17.2 Å². The summed E-state index contributed by atoms with van der Waals surface area (Å²) in [6.07, 6.45) is 0.562. The van der Waals surface area contributed by atoms with Gasteiger partial charge in [0.25, 0.3) is 5.56 Å². The Morgan fingerprint density at radius 3 is 2.40 bits per heavy atom. The summed E-state index contributed by atoms with van der Waals surface area (Å²) < 4.78 is 28.6. The van der Waals surface area contributed by atoms with Gasteiger partial charge in [0, 0.05) is 23.7 Å². The number of carbonyl (C=O) groups is 1. The molecule has 2 aromatic heterocycles. The van der Waals surface area contributed by atoms with Crippen LogP contribution < -0.4 is 19.8 Å². The first kappa shape index (κ1) is 28.7. The van der Waals surface area contributed by atoms with Crippen molar-refractivity contribution in [2.24, 2.45) is 0 Å². The molecule has 0 bridgehead atoms. The first-order chi connectivity index (χ1) is 19.1. The number of nitrogens with one attached hydrogen (secondary N) is 1. The van der Waals surface area contributed by atoms with E-state index in [0.29, 0.717) is 44.6 Å². The lowest BCUT2D eigenvalue weighted by Crippen LogP contribution is -2.38. The molecule has 2 heterocycles. The number of pyridine rings is 1. The Hall–Kier alpha value is -4.29. The fourth-order valence-corrected chi connectivity index (χ4v) is 4.67. The molecule has 1 amide bonds. The lowest BCUT2D eigenvalue weighted by molar-refractivity contribution is 0.121. The van der Waals surface area contributed by atoms with Crippen molar-refractivity contribution in [2.75, 3.05) is 33.6 Å². The third-order valence-corrected chi connectivity index (χ3v) is 7.16. The SMILES string of the molecule is COc1cc(OC)c2c(=O)[nH]c(-c3ccc(OCCN(C(=O)O)C(C)C)c(-c4ccc([S+](C)[O-])cc4)n3)nc2c1. The van der Waals surface area contributed by atoms with Crippen LogP contribution in [0.15, 0.2) is 58.2 Å². The number of carboxylic acid groups (broad SMARTS) is 1. The first-order valence-electron chi connectivity index (χ1n) is 12.4. The van der Waals surface area contributed by atoms with Gasteiger partial charge < -0.3 is 33.8 Å². The quantitative estimate of drug-likeness (QED) is 0.270. The maximum atomic E-state index is 13.0.